The maximum atomic E-state index is 6.03. The van der Waals surface area contributed by atoms with Gasteiger partial charge in [0.25, 0.3) is 0 Å². The Labute approximate surface area is 120 Å². The number of benzene rings is 1. The number of hydrogen-bond acceptors (Lipinski definition) is 5. The fraction of sp³-hybridized carbons (Fsp3) is 0.600. The molecular weight excluding hydrogens is 256 g/mol. The van der Waals surface area contributed by atoms with E-state index in [1.54, 1.807) is 14.2 Å². The lowest BCUT2D eigenvalue weighted by atomic mass is 10.0. The molecule has 0 aliphatic carbocycles. The highest BCUT2D eigenvalue weighted by molar-refractivity contribution is 5.42. The first kappa shape index (κ1) is 15.1. The number of nitrogens with two attached hydrogens (primary N) is 1. The summed E-state index contributed by atoms with van der Waals surface area (Å²) in [6.45, 7) is 5.06. The summed E-state index contributed by atoms with van der Waals surface area (Å²) in [4.78, 5) is 2.38. The minimum Gasteiger partial charge on any atom is -0.497 e. The molecule has 2 N–H and O–H groups in total. The average molecular weight is 280 g/mol. The molecule has 1 aliphatic rings. The van der Waals surface area contributed by atoms with Crippen LogP contribution in [-0.4, -0.2) is 51.5 Å². The molecule has 5 nitrogen and oxygen atoms in total. The van der Waals surface area contributed by atoms with Crippen molar-refractivity contribution in [2.24, 2.45) is 5.73 Å². The number of morpholine rings is 1. The summed E-state index contributed by atoms with van der Waals surface area (Å²) in [5, 5.41) is 0. The number of ether oxygens (including phenoxy) is 3. The van der Waals surface area contributed by atoms with Crippen LogP contribution in [0.4, 0.5) is 0 Å². The van der Waals surface area contributed by atoms with Crippen LogP contribution in [0.1, 0.15) is 18.5 Å². The molecule has 1 saturated heterocycles. The molecular formula is C15H24N2O3. The van der Waals surface area contributed by atoms with Crippen LogP contribution in [0, 0.1) is 0 Å². The quantitative estimate of drug-likeness (QED) is 0.884. The fourth-order valence-corrected chi connectivity index (χ4v) is 2.74. The first-order chi connectivity index (χ1) is 9.71. The van der Waals surface area contributed by atoms with Gasteiger partial charge in [0.1, 0.15) is 11.5 Å². The summed E-state index contributed by atoms with van der Waals surface area (Å²) < 4.78 is 16.3. The molecule has 0 radical (unpaired) electrons. The van der Waals surface area contributed by atoms with E-state index in [0.717, 1.165) is 36.8 Å². The zero-order valence-corrected chi connectivity index (χ0v) is 12.5. The maximum absolute atomic E-state index is 6.03. The summed E-state index contributed by atoms with van der Waals surface area (Å²) in [7, 11) is 3.35. The summed E-state index contributed by atoms with van der Waals surface area (Å²) in [6.07, 6.45) is 0. The van der Waals surface area contributed by atoms with Gasteiger partial charge >= 0.3 is 0 Å². The molecule has 0 saturated carbocycles. The van der Waals surface area contributed by atoms with Crippen molar-refractivity contribution in [1.82, 2.24) is 4.90 Å². The Morgan fingerprint density at radius 1 is 1.40 bits per heavy atom. The van der Waals surface area contributed by atoms with Gasteiger partial charge in [-0.1, -0.05) is 0 Å². The van der Waals surface area contributed by atoms with E-state index in [1.807, 2.05) is 18.2 Å². The van der Waals surface area contributed by atoms with E-state index in [9.17, 15) is 0 Å². The number of hydrogen-bond donors (Lipinski definition) is 1. The van der Waals surface area contributed by atoms with Crippen molar-refractivity contribution in [3.05, 3.63) is 23.8 Å². The predicted octanol–water partition coefficient (Wildman–Crippen LogP) is 1.42. The Hall–Kier alpha value is -1.30. The minimum absolute atomic E-state index is 0.110. The molecule has 1 heterocycles. The lowest BCUT2D eigenvalue weighted by Crippen LogP contribution is -2.47. The molecule has 1 fully saturated rings. The Balaban J connectivity index is 2.34. The predicted molar refractivity (Wildman–Crippen MR) is 78.3 cm³/mol. The van der Waals surface area contributed by atoms with Gasteiger partial charge in [0.15, 0.2) is 0 Å². The van der Waals surface area contributed by atoms with Crippen LogP contribution in [-0.2, 0) is 4.74 Å². The van der Waals surface area contributed by atoms with Crippen molar-refractivity contribution in [2.45, 2.75) is 19.0 Å². The Kier molecular flexibility index (Phi) is 5.23. The van der Waals surface area contributed by atoms with Gasteiger partial charge in [0.05, 0.1) is 33.5 Å². The van der Waals surface area contributed by atoms with E-state index in [1.165, 1.54) is 0 Å². The van der Waals surface area contributed by atoms with Gasteiger partial charge < -0.3 is 19.9 Å². The summed E-state index contributed by atoms with van der Waals surface area (Å²) >= 11 is 0. The van der Waals surface area contributed by atoms with E-state index in [0.29, 0.717) is 12.6 Å². The molecule has 0 amide bonds. The molecule has 112 valence electrons. The van der Waals surface area contributed by atoms with Crippen LogP contribution in [0.2, 0.25) is 0 Å². The van der Waals surface area contributed by atoms with Gasteiger partial charge in [-0.2, -0.15) is 0 Å². The topological polar surface area (TPSA) is 57.0 Å². The third kappa shape index (κ3) is 3.06. The van der Waals surface area contributed by atoms with Crippen molar-refractivity contribution in [3.8, 4) is 11.5 Å². The molecule has 2 unspecified atom stereocenters. The monoisotopic (exact) mass is 280 g/mol. The van der Waals surface area contributed by atoms with E-state index in [-0.39, 0.29) is 6.04 Å². The van der Waals surface area contributed by atoms with Crippen LogP contribution < -0.4 is 15.2 Å². The van der Waals surface area contributed by atoms with Crippen LogP contribution in [0.25, 0.3) is 0 Å². The maximum Gasteiger partial charge on any atom is 0.123 e. The van der Waals surface area contributed by atoms with Gasteiger partial charge in [0.2, 0.25) is 0 Å². The highest BCUT2D eigenvalue weighted by Gasteiger charge is 2.29. The highest BCUT2D eigenvalue weighted by Crippen LogP contribution is 2.33. The lowest BCUT2D eigenvalue weighted by molar-refractivity contribution is -0.0213. The Bertz CT molecular complexity index is 439. The number of rotatable bonds is 5. The Morgan fingerprint density at radius 3 is 2.80 bits per heavy atom. The molecule has 1 aromatic rings. The van der Waals surface area contributed by atoms with E-state index in [4.69, 9.17) is 19.9 Å². The smallest absolute Gasteiger partial charge is 0.123 e. The molecule has 2 rings (SSSR count). The average Bonchev–Trinajstić information content (AvgIpc) is 2.49. The lowest BCUT2D eigenvalue weighted by Gasteiger charge is -2.39. The van der Waals surface area contributed by atoms with E-state index >= 15 is 0 Å². The molecule has 0 bridgehead atoms. The third-order valence-electron chi connectivity index (χ3n) is 3.84. The molecule has 1 aliphatic heterocycles. The van der Waals surface area contributed by atoms with Crippen molar-refractivity contribution in [1.29, 1.82) is 0 Å². The zero-order valence-electron chi connectivity index (χ0n) is 12.5. The molecule has 2 atom stereocenters. The second-order valence-electron chi connectivity index (χ2n) is 5.02. The van der Waals surface area contributed by atoms with Crippen LogP contribution >= 0.6 is 0 Å². The number of methoxy groups -OCH3 is 2. The van der Waals surface area contributed by atoms with E-state index in [2.05, 4.69) is 11.8 Å². The van der Waals surface area contributed by atoms with Crippen LogP contribution in [0.5, 0.6) is 11.5 Å². The summed E-state index contributed by atoms with van der Waals surface area (Å²) in [5.41, 5.74) is 7.11. The first-order valence-electron chi connectivity index (χ1n) is 6.96. The second-order valence-corrected chi connectivity index (χ2v) is 5.02. The normalized spacial score (nSPS) is 21.5. The van der Waals surface area contributed by atoms with Crippen LogP contribution in [0.3, 0.4) is 0 Å². The Morgan fingerprint density at radius 2 is 2.20 bits per heavy atom. The molecule has 1 aromatic carbocycles. The van der Waals surface area contributed by atoms with Crippen molar-refractivity contribution >= 4 is 0 Å². The molecule has 5 heteroatoms. The minimum atomic E-state index is 0.110. The van der Waals surface area contributed by atoms with Gasteiger partial charge in [-0.3, -0.25) is 4.90 Å². The standard InChI is InChI=1S/C15H24N2O3/c1-11-10-20-7-6-17(11)14(9-16)13-8-12(18-2)4-5-15(13)19-3/h4-5,8,11,14H,6-7,9-10,16H2,1-3H3. The van der Waals surface area contributed by atoms with Gasteiger partial charge in [-0.05, 0) is 25.1 Å². The third-order valence-corrected chi connectivity index (χ3v) is 3.84. The molecule has 20 heavy (non-hydrogen) atoms. The van der Waals surface area contributed by atoms with Crippen molar-refractivity contribution in [2.75, 3.05) is 40.5 Å². The molecule has 0 spiro atoms. The van der Waals surface area contributed by atoms with E-state index < -0.39 is 0 Å². The van der Waals surface area contributed by atoms with Gasteiger partial charge in [-0.15, -0.1) is 0 Å². The SMILES string of the molecule is COc1ccc(OC)c(C(CN)N2CCOCC2C)c1. The second kappa shape index (κ2) is 6.92. The summed E-state index contributed by atoms with van der Waals surface area (Å²) in [6, 6.07) is 6.30. The van der Waals surface area contributed by atoms with Gasteiger partial charge in [-0.25, -0.2) is 0 Å². The largest absolute Gasteiger partial charge is 0.497 e. The fourth-order valence-electron chi connectivity index (χ4n) is 2.74. The van der Waals surface area contributed by atoms with Crippen molar-refractivity contribution < 1.29 is 14.2 Å². The number of nitrogens with zero attached hydrogens (tertiary/aromatic N) is 1. The highest BCUT2D eigenvalue weighted by atomic mass is 16.5. The first-order valence-corrected chi connectivity index (χ1v) is 6.96. The van der Waals surface area contributed by atoms with Gasteiger partial charge in [0, 0.05) is 24.7 Å². The van der Waals surface area contributed by atoms with Crippen molar-refractivity contribution in [3.63, 3.8) is 0 Å². The van der Waals surface area contributed by atoms with Crippen LogP contribution in [0.15, 0.2) is 18.2 Å². The zero-order chi connectivity index (χ0) is 14.5. The molecule has 0 aromatic heterocycles. The summed E-state index contributed by atoms with van der Waals surface area (Å²) in [5.74, 6) is 1.67.